The van der Waals surface area contributed by atoms with Crippen molar-refractivity contribution in [1.29, 1.82) is 0 Å². The molecule has 0 atom stereocenters. The maximum Gasteiger partial charge on any atom is 0.261 e. The molecule has 0 aliphatic heterocycles. The molecule has 0 bridgehead atoms. The van der Waals surface area contributed by atoms with Crippen LogP contribution in [0.25, 0.3) is 0 Å². The molecule has 0 aliphatic carbocycles. The second kappa shape index (κ2) is 4.47. The lowest BCUT2D eigenvalue weighted by Crippen LogP contribution is -2.43. The molecule has 0 fully saturated rings. The molecule has 0 saturated heterocycles. The molecule has 6 heteroatoms. The Morgan fingerprint density at radius 1 is 1.50 bits per heavy atom. The number of aromatic nitrogens is 1. The summed E-state index contributed by atoms with van der Waals surface area (Å²) < 4.78 is 39.3. The number of sulfonamides is 1. The van der Waals surface area contributed by atoms with Gasteiger partial charge in [0.2, 0.25) is 5.03 Å². The molecule has 4 nitrogen and oxygen atoms in total. The highest BCUT2D eigenvalue weighted by atomic mass is 32.2. The van der Waals surface area contributed by atoms with Gasteiger partial charge in [-0.1, -0.05) is 6.92 Å². The highest BCUT2D eigenvalue weighted by Crippen LogP contribution is 2.15. The van der Waals surface area contributed by atoms with Crippen LogP contribution < -0.4 is 4.72 Å². The monoisotopic (exact) mass is 246 g/mol. The lowest BCUT2D eigenvalue weighted by Gasteiger charge is -2.23. The first-order valence-electron chi connectivity index (χ1n) is 4.93. The fourth-order valence-electron chi connectivity index (χ4n) is 1.05. The van der Waals surface area contributed by atoms with Gasteiger partial charge in [-0.25, -0.2) is 22.5 Å². The van der Waals surface area contributed by atoms with E-state index < -0.39 is 26.4 Å². The van der Waals surface area contributed by atoms with Crippen molar-refractivity contribution in [3.05, 3.63) is 24.1 Å². The minimum absolute atomic E-state index is 0.559. The second-order valence-electron chi connectivity index (χ2n) is 4.13. The summed E-state index contributed by atoms with van der Waals surface area (Å²) >= 11 is 0. The fraction of sp³-hybridized carbons (Fsp3) is 0.500. The van der Waals surface area contributed by atoms with E-state index >= 15 is 0 Å². The van der Waals surface area contributed by atoms with Gasteiger partial charge in [0.05, 0.1) is 0 Å². The van der Waals surface area contributed by atoms with E-state index in [9.17, 15) is 12.8 Å². The van der Waals surface area contributed by atoms with Gasteiger partial charge in [-0.2, -0.15) is 0 Å². The number of hydrogen-bond donors (Lipinski definition) is 1. The van der Waals surface area contributed by atoms with Gasteiger partial charge in [0.1, 0.15) is 0 Å². The van der Waals surface area contributed by atoms with Crippen LogP contribution in [-0.2, 0) is 10.0 Å². The normalized spacial score (nSPS) is 12.8. The third-order valence-corrected chi connectivity index (χ3v) is 3.90. The molecule has 1 N–H and O–H groups in total. The largest absolute Gasteiger partial charge is 0.261 e. The number of pyridine rings is 1. The Kier molecular flexibility index (Phi) is 3.64. The number of nitrogens with zero attached hydrogens (tertiary/aromatic N) is 1. The van der Waals surface area contributed by atoms with Crippen molar-refractivity contribution in [2.45, 2.75) is 37.8 Å². The minimum atomic E-state index is -3.90. The molecule has 0 radical (unpaired) electrons. The van der Waals surface area contributed by atoms with E-state index in [1.54, 1.807) is 13.8 Å². The molecular weight excluding hydrogens is 231 g/mol. The zero-order chi connectivity index (χ0) is 12.4. The molecule has 0 unspecified atom stereocenters. The molecule has 0 amide bonds. The standard InChI is InChI=1S/C10H15FN2O2S/c1-4-10(2,3)13-16(14,15)9-8(11)6-5-7-12-9/h5-7,13H,4H2,1-3H3. The van der Waals surface area contributed by atoms with Crippen LogP contribution in [0.15, 0.2) is 23.4 Å². The van der Waals surface area contributed by atoms with E-state index in [2.05, 4.69) is 9.71 Å². The van der Waals surface area contributed by atoms with Gasteiger partial charge >= 0.3 is 0 Å². The smallest absolute Gasteiger partial charge is 0.241 e. The van der Waals surface area contributed by atoms with E-state index in [1.807, 2.05) is 6.92 Å². The zero-order valence-corrected chi connectivity index (χ0v) is 10.3. The van der Waals surface area contributed by atoms with E-state index in [0.717, 1.165) is 6.07 Å². The van der Waals surface area contributed by atoms with Gasteiger partial charge in [0, 0.05) is 11.7 Å². The summed E-state index contributed by atoms with van der Waals surface area (Å²) in [7, 11) is -3.90. The van der Waals surface area contributed by atoms with Crippen LogP contribution in [0, 0.1) is 5.82 Å². The fourth-order valence-corrected chi connectivity index (χ4v) is 2.55. The first-order valence-corrected chi connectivity index (χ1v) is 6.41. The van der Waals surface area contributed by atoms with Crippen LogP contribution >= 0.6 is 0 Å². The van der Waals surface area contributed by atoms with E-state index in [0.29, 0.717) is 6.42 Å². The van der Waals surface area contributed by atoms with Crippen molar-refractivity contribution >= 4 is 10.0 Å². The van der Waals surface area contributed by atoms with Gasteiger partial charge < -0.3 is 0 Å². The average Bonchev–Trinajstić information content (AvgIpc) is 2.16. The Morgan fingerprint density at radius 2 is 2.12 bits per heavy atom. The van der Waals surface area contributed by atoms with E-state index in [1.165, 1.54) is 12.3 Å². The predicted molar refractivity (Wildman–Crippen MR) is 58.9 cm³/mol. The topological polar surface area (TPSA) is 59.1 Å². The summed E-state index contributed by atoms with van der Waals surface area (Å²) in [6.45, 7) is 5.30. The molecule has 0 saturated carbocycles. The lowest BCUT2D eigenvalue weighted by molar-refractivity contribution is 0.435. The molecule has 0 aromatic carbocycles. The summed E-state index contributed by atoms with van der Waals surface area (Å²) in [6.07, 6.45) is 1.84. The Labute approximate surface area is 95.0 Å². The summed E-state index contributed by atoms with van der Waals surface area (Å²) in [5.74, 6) is -0.845. The summed E-state index contributed by atoms with van der Waals surface area (Å²) in [6, 6.07) is 2.42. The number of halogens is 1. The molecular formula is C10H15FN2O2S. The van der Waals surface area contributed by atoms with E-state index in [4.69, 9.17) is 0 Å². The Bertz CT molecular complexity index is 471. The first kappa shape index (κ1) is 13.1. The molecule has 1 aromatic heterocycles. The summed E-state index contributed by atoms with van der Waals surface area (Å²) in [5, 5.41) is -0.559. The van der Waals surface area contributed by atoms with Crippen LogP contribution in [0.2, 0.25) is 0 Å². The minimum Gasteiger partial charge on any atom is -0.241 e. The zero-order valence-electron chi connectivity index (χ0n) is 9.49. The molecule has 16 heavy (non-hydrogen) atoms. The van der Waals surface area contributed by atoms with Crippen molar-refractivity contribution in [1.82, 2.24) is 9.71 Å². The number of nitrogens with one attached hydrogen (secondary N) is 1. The Balaban J connectivity index is 3.09. The van der Waals surface area contributed by atoms with Gasteiger partial charge in [-0.15, -0.1) is 0 Å². The molecule has 1 aromatic rings. The molecule has 1 rings (SSSR count). The molecule has 0 spiro atoms. The summed E-state index contributed by atoms with van der Waals surface area (Å²) in [5.41, 5.74) is -0.622. The van der Waals surface area contributed by atoms with Crippen molar-refractivity contribution in [2.24, 2.45) is 0 Å². The average molecular weight is 246 g/mol. The van der Waals surface area contributed by atoms with Crippen LogP contribution in [-0.4, -0.2) is 18.9 Å². The van der Waals surface area contributed by atoms with Gasteiger partial charge in [-0.05, 0) is 32.4 Å². The number of rotatable bonds is 4. The maximum atomic E-state index is 13.3. The van der Waals surface area contributed by atoms with Crippen molar-refractivity contribution in [3.8, 4) is 0 Å². The maximum absolute atomic E-state index is 13.3. The molecule has 1 heterocycles. The van der Waals surface area contributed by atoms with Gasteiger partial charge in [0.25, 0.3) is 10.0 Å². The highest BCUT2D eigenvalue weighted by molar-refractivity contribution is 7.89. The third-order valence-electron chi connectivity index (χ3n) is 2.27. The van der Waals surface area contributed by atoms with Crippen LogP contribution in [0.1, 0.15) is 27.2 Å². The third kappa shape index (κ3) is 2.99. The van der Waals surface area contributed by atoms with Crippen LogP contribution in [0.5, 0.6) is 0 Å². The van der Waals surface area contributed by atoms with Crippen molar-refractivity contribution in [2.75, 3.05) is 0 Å². The van der Waals surface area contributed by atoms with Crippen molar-refractivity contribution in [3.63, 3.8) is 0 Å². The van der Waals surface area contributed by atoms with Crippen LogP contribution in [0.4, 0.5) is 4.39 Å². The highest BCUT2D eigenvalue weighted by Gasteiger charge is 2.27. The quantitative estimate of drug-likeness (QED) is 0.879. The van der Waals surface area contributed by atoms with Crippen LogP contribution in [0.3, 0.4) is 0 Å². The predicted octanol–water partition coefficient (Wildman–Crippen LogP) is 1.69. The second-order valence-corrected chi connectivity index (χ2v) is 5.73. The Morgan fingerprint density at radius 3 is 2.62 bits per heavy atom. The molecule has 0 aliphatic rings. The van der Waals surface area contributed by atoms with E-state index in [-0.39, 0.29) is 0 Å². The first-order chi connectivity index (χ1) is 7.28. The van der Waals surface area contributed by atoms with Gasteiger partial charge in [0.15, 0.2) is 5.82 Å². The van der Waals surface area contributed by atoms with Crippen molar-refractivity contribution < 1.29 is 12.8 Å². The summed E-state index contributed by atoms with van der Waals surface area (Å²) in [4.78, 5) is 3.54. The molecule has 90 valence electrons. The lowest BCUT2D eigenvalue weighted by atomic mass is 10.0. The Hall–Kier alpha value is -1.01. The van der Waals surface area contributed by atoms with Gasteiger partial charge in [-0.3, -0.25) is 0 Å². The SMILES string of the molecule is CCC(C)(C)NS(=O)(=O)c1ncccc1F. The number of hydrogen-bond acceptors (Lipinski definition) is 3.